The van der Waals surface area contributed by atoms with Gasteiger partial charge in [0, 0.05) is 63.6 Å². The van der Waals surface area contributed by atoms with E-state index in [9.17, 15) is 4.79 Å². The Kier molecular flexibility index (Phi) is 5.73. The number of hydrogen-bond donors (Lipinski definition) is 0. The van der Waals surface area contributed by atoms with Gasteiger partial charge in [0.2, 0.25) is 0 Å². The fourth-order valence-electron chi connectivity index (χ4n) is 10.3. The molecule has 12 aromatic rings. The van der Waals surface area contributed by atoms with Crippen molar-refractivity contribution in [3.8, 4) is 27.9 Å². The van der Waals surface area contributed by atoms with E-state index < -0.39 is 0 Å². The average Bonchev–Trinajstić information content (AvgIpc) is 3.95. The molecule has 8 aromatic carbocycles. The molecule has 4 heteroatoms. The first-order valence-electron chi connectivity index (χ1n) is 19.3. The number of rotatable bonds is 2. The Morgan fingerprint density at radius 3 is 2.00 bits per heavy atom. The molecule has 0 amide bonds. The van der Waals surface area contributed by atoms with Crippen LogP contribution in [-0.4, -0.2) is 8.97 Å². The van der Waals surface area contributed by atoms with Crippen molar-refractivity contribution in [2.75, 3.05) is 0 Å². The van der Waals surface area contributed by atoms with Gasteiger partial charge in [-0.05, 0) is 87.3 Å². The van der Waals surface area contributed by atoms with Crippen LogP contribution in [0.3, 0.4) is 0 Å². The second-order valence-corrected chi connectivity index (χ2v) is 17.1. The minimum Gasteiger partial charge on any atom is -0.309 e. The number of fused-ring (bicyclic) bond motifs is 15. The first-order chi connectivity index (χ1) is 27.5. The summed E-state index contributed by atoms with van der Waals surface area (Å²) in [6.45, 7) is 4.71. The molecule has 262 valence electrons. The average molecular weight is 733 g/mol. The number of nitrogens with zero attached hydrogens (tertiary/aromatic N) is 2. The normalized spacial score (nSPS) is 13.8. The number of benzene rings is 8. The zero-order valence-electron chi connectivity index (χ0n) is 30.7. The highest BCUT2D eigenvalue weighted by atomic mass is 32.1. The van der Waals surface area contributed by atoms with Crippen molar-refractivity contribution in [1.29, 1.82) is 0 Å². The highest BCUT2D eigenvalue weighted by Crippen LogP contribution is 2.53. The standard InChI is InChI=1S/C52H32N2OS/c1-52(2)41-15-6-3-11-38(41)48-42(52)24-25-45-49(48)39-12-5-8-17-44(39)53(45)31-20-23-34-33-21-18-30(27-46(33)56-47(34)28-31)29-19-22-37-40(26-29)36-14-9-13-35-32-10-4-7-16-43(32)54(50(35)36)51(37)55/h3-28H,1-2H3. The molecular weight excluding hydrogens is 701 g/mol. The van der Waals surface area contributed by atoms with Crippen molar-refractivity contribution in [2.24, 2.45) is 0 Å². The summed E-state index contributed by atoms with van der Waals surface area (Å²) < 4.78 is 6.89. The minimum atomic E-state index is -0.0515. The summed E-state index contributed by atoms with van der Waals surface area (Å²) in [6.07, 6.45) is 0. The van der Waals surface area contributed by atoms with E-state index in [1.807, 2.05) is 40.0 Å². The van der Waals surface area contributed by atoms with Crippen LogP contribution in [0.25, 0.3) is 108 Å². The highest BCUT2D eigenvalue weighted by molar-refractivity contribution is 7.25. The van der Waals surface area contributed by atoms with Crippen LogP contribution in [0.2, 0.25) is 0 Å². The van der Waals surface area contributed by atoms with Gasteiger partial charge in [-0.15, -0.1) is 11.3 Å². The van der Waals surface area contributed by atoms with Gasteiger partial charge in [0.05, 0.1) is 22.1 Å². The third kappa shape index (κ3) is 3.75. The quantitative estimate of drug-likeness (QED) is 0.163. The predicted molar refractivity (Wildman–Crippen MR) is 238 cm³/mol. The van der Waals surface area contributed by atoms with Crippen LogP contribution >= 0.6 is 11.3 Å². The van der Waals surface area contributed by atoms with Crippen LogP contribution < -0.4 is 5.56 Å². The maximum Gasteiger partial charge on any atom is 0.263 e. The van der Waals surface area contributed by atoms with Crippen LogP contribution in [-0.2, 0) is 5.41 Å². The molecule has 13 rings (SSSR count). The molecular formula is C52H32N2OS. The van der Waals surface area contributed by atoms with Gasteiger partial charge in [0.15, 0.2) is 0 Å². The second-order valence-electron chi connectivity index (χ2n) is 16.0. The fourth-order valence-corrected chi connectivity index (χ4v) is 11.5. The van der Waals surface area contributed by atoms with E-state index in [0.717, 1.165) is 49.1 Å². The number of para-hydroxylation sites is 3. The number of hydrogen-bond acceptors (Lipinski definition) is 2. The Labute approximate surface area is 325 Å². The number of pyridine rings is 1. The van der Waals surface area contributed by atoms with E-state index in [2.05, 4.69) is 152 Å². The summed E-state index contributed by atoms with van der Waals surface area (Å²) >= 11 is 1.85. The van der Waals surface area contributed by atoms with Crippen molar-refractivity contribution in [3.63, 3.8) is 0 Å². The first kappa shape index (κ1) is 30.6. The lowest BCUT2D eigenvalue weighted by molar-refractivity contribution is 0.661. The van der Waals surface area contributed by atoms with E-state index in [-0.39, 0.29) is 11.0 Å². The van der Waals surface area contributed by atoms with Crippen LogP contribution in [0.15, 0.2) is 163 Å². The van der Waals surface area contributed by atoms with Gasteiger partial charge < -0.3 is 4.57 Å². The number of thiophene rings is 1. The summed E-state index contributed by atoms with van der Waals surface area (Å²) in [6, 6.07) is 57.3. The van der Waals surface area contributed by atoms with Gasteiger partial charge in [-0.3, -0.25) is 9.20 Å². The maximum atomic E-state index is 14.0. The molecule has 4 heterocycles. The van der Waals surface area contributed by atoms with E-state index >= 15 is 0 Å². The Morgan fingerprint density at radius 1 is 0.482 bits per heavy atom. The molecule has 0 fully saturated rings. The molecule has 56 heavy (non-hydrogen) atoms. The van der Waals surface area contributed by atoms with E-state index in [1.165, 1.54) is 69.9 Å². The van der Waals surface area contributed by atoms with Crippen LogP contribution in [0, 0.1) is 0 Å². The Hall–Kier alpha value is -6.75. The molecule has 0 atom stereocenters. The van der Waals surface area contributed by atoms with Gasteiger partial charge in [-0.25, -0.2) is 0 Å². The van der Waals surface area contributed by atoms with E-state index in [1.54, 1.807) is 0 Å². The zero-order chi connectivity index (χ0) is 37.0. The molecule has 0 aliphatic heterocycles. The van der Waals surface area contributed by atoms with Crippen molar-refractivity contribution < 1.29 is 0 Å². The zero-order valence-corrected chi connectivity index (χ0v) is 31.5. The van der Waals surface area contributed by atoms with Crippen LogP contribution in [0.4, 0.5) is 0 Å². The lowest BCUT2D eigenvalue weighted by Gasteiger charge is -2.21. The maximum absolute atomic E-state index is 14.0. The minimum absolute atomic E-state index is 0.0357. The summed E-state index contributed by atoms with van der Waals surface area (Å²) in [5.41, 5.74) is 13.4. The van der Waals surface area contributed by atoms with Gasteiger partial charge in [-0.2, -0.15) is 0 Å². The summed E-state index contributed by atoms with van der Waals surface area (Å²) in [5, 5.41) is 10.2. The molecule has 0 bridgehead atoms. The van der Waals surface area contributed by atoms with Crippen molar-refractivity contribution in [3.05, 3.63) is 179 Å². The Balaban J connectivity index is 0.976. The first-order valence-corrected chi connectivity index (χ1v) is 20.1. The highest BCUT2D eigenvalue weighted by Gasteiger charge is 2.37. The summed E-state index contributed by atoms with van der Waals surface area (Å²) in [7, 11) is 0. The lowest BCUT2D eigenvalue weighted by Crippen LogP contribution is -2.14. The van der Waals surface area contributed by atoms with Crippen molar-refractivity contribution >= 4 is 91.3 Å². The molecule has 0 saturated carbocycles. The predicted octanol–water partition coefficient (Wildman–Crippen LogP) is 13.6. The molecule has 0 saturated heterocycles. The SMILES string of the molecule is CC1(C)c2ccccc2-c2c1ccc1c2c2ccccc2n1-c1ccc2c(c1)sc1cc(-c3ccc4c(=O)n5c6ccccc6c6cccc(c4c3)c65)ccc12. The van der Waals surface area contributed by atoms with Gasteiger partial charge >= 0.3 is 0 Å². The van der Waals surface area contributed by atoms with Crippen molar-refractivity contribution in [1.82, 2.24) is 8.97 Å². The molecule has 4 aromatic heterocycles. The topological polar surface area (TPSA) is 26.4 Å². The molecule has 0 unspecified atom stereocenters. The second kappa shape index (κ2) is 10.5. The third-order valence-corrected chi connectivity index (χ3v) is 14.0. The van der Waals surface area contributed by atoms with Gasteiger partial charge in [-0.1, -0.05) is 123 Å². The van der Waals surface area contributed by atoms with Gasteiger partial charge in [0.25, 0.3) is 5.56 Å². The Morgan fingerprint density at radius 2 is 1.14 bits per heavy atom. The van der Waals surface area contributed by atoms with Crippen LogP contribution in [0.5, 0.6) is 0 Å². The molecule has 0 radical (unpaired) electrons. The van der Waals surface area contributed by atoms with Crippen LogP contribution in [0.1, 0.15) is 25.0 Å². The molecule has 3 nitrogen and oxygen atoms in total. The van der Waals surface area contributed by atoms with Gasteiger partial charge in [0.1, 0.15) is 0 Å². The summed E-state index contributed by atoms with van der Waals surface area (Å²) in [5.74, 6) is 0. The fraction of sp³-hybridized carbons (Fsp3) is 0.0577. The third-order valence-electron chi connectivity index (χ3n) is 12.9. The largest absolute Gasteiger partial charge is 0.309 e. The monoisotopic (exact) mass is 732 g/mol. The number of aromatic nitrogens is 2. The lowest BCUT2D eigenvalue weighted by atomic mass is 9.82. The van der Waals surface area contributed by atoms with E-state index in [4.69, 9.17) is 0 Å². The molecule has 0 N–H and O–H groups in total. The van der Waals surface area contributed by atoms with E-state index in [0.29, 0.717) is 0 Å². The smallest absolute Gasteiger partial charge is 0.263 e. The molecule has 1 aliphatic carbocycles. The molecule has 1 aliphatic rings. The molecule has 0 spiro atoms. The summed E-state index contributed by atoms with van der Waals surface area (Å²) in [4.78, 5) is 14.0. The van der Waals surface area contributed by atoms with Crippen molar-refractivity contribution in [2.45, 2.75) is 19.3 Å². The Bertz CT molecular complexity index is 3760.